The first-order chi connectivity index (χ1) is 10.1. The van der Waals surface area contributed by atoms with Crippen LogP contribution in [0.2, 0.25) is 5.02 Å². The Morgan fingerprint density at radius 3 is 2.90 bits per heavy atom. The zero-order valence-electron chi connectivity index (χ0n) is 10.6. The summed E-state index contributed by atoms with van der Waals surface area (Å²) in [6, 6.07) is 6.90. The van der Waals surface area contributed by atoms with Crippen LogP contribution in [0.4, 0.5) is 0 Å². The van der Waals surface area contributed by atoms with Crippen molar-refractivity contribution in [3.63, 3.8) is 0 Å². The van der Waals surface area contributed by atoms with E-state index >= 15 is 0 Å². The number of hydrogen-bond acceptors (Lipinski definition) is 5. The summed E-state index contributed by atoms with van der Waals surface area (Å²) in [5, 5.41) is 8.24. The van der Waals surface area contributed by atoms with Crippen molar-refractivity contribution in [2.45, 2.75) is 6.54 Å². The highest BCUT2D eigenvalue weighted by atomic mass is 35.5. The van der Waals surface area contributed by atoms with E-state index in [9.17, 15) is 9.59 Å². The number of aromatic nitrogens is 5. The summed E-state index contributed by atoms with van der Waals surface area (Å²) in [4.78, 5) is 27.2. The standard InChI is InChI=1S/C12H9ClN6O2/c13-7-2-1-3-8(4-7)19-11-10(16-17-19)12(21)18(6-15-11)5-9(14)20/h1-4,6H,5H2,(H2,14,20). The lowest BCUT2D eigenvalue weighted by Gasteiger charge is -2.03. The molecule has 0 aliphatic heterocycles. The molecule has 3 rings (SSSR count). The zero-order valence-corrected chi connectivity index (χ0v) is 11.4. The van der Waals surface area contributed by atoms with Crippen molar-refractivity contribution < 1.29 is 4.79 Å². The van der Waals surface area contributed by atoms with Crippen LogP contribution in [0.25, 0.3) is 16.9 Å². The first-order valence-electron chi connectivity index (χ1n) is 5.91. The van der Waals surface area contributed by atoms with E-state index in [1.807, 2.05) is 0 Å². The predicted molar refractivity (Wildman–Crippen MR) is 75.1 cm³/mol. The lowest BCUT2D eigenvalue weighted by atomic mass is 10.3. The van der Waals surface area contributed by atoms with Crippen LogP contribution in [0.5, 0.6) is 0 Å². The van der Waals surface area contributed by atoms with Crippen LogP contribution >= 0.6 is 11.6 Å². The van der Waals surface area contributed by atoms with Crippen LogP contribution in [0.15, 0.2) is 35.4 Å². The second kappa shape index (κ2) is 4.98. The summed E-state index contributed by atoms with van der Waals surface area (Å²) in [5.74, 6) is -0.638. The molecule has 3 aromatic rings. The van der Waals surface area contributed by atoms with Gasteiger partial charge in [0.2, 0.25) is 5.91 Å². The van der Waals surface area contributed by atoms with Crippen molar-refractivity contribution in [3.8, 4) is 5.69 Å². The van der Waals surface area contributed by atoms with Crippen molar-refractivity contribution >= 4 is 28.7 Å². The van der Waals surface area contributed by atoms with Gasteiger partial charge < -0.3 is 5.73 Å². The Bertz CT molecular complexity index is 900. The van der Waals surface area contributed by atoms with E-state index in [4.69, 9.17) is 17.3 Å². The third kappa shape index (κ3) is 2.36. The van der Waals surface area contributed by atoms with Crippen LogP contribution in [-0.4, -0.2) is 30.5 Å². The second-order valence-corrected chi connectivity index (χ2v) is 4.73. The van der Waals surface area contributed by atoms with Crippen LogP contribution < -0.4 is 11.3 Å². The largest absolute Gasteiger partial charge is 0.368 e. The SMILES string of the molecule is NC(=O)Cn1cnc2c(nnn2-c2cccc(Cl)c2)c1=O. The van der Waals surface area contributed by atoms with Crippen molar-refractivity contribution in [1.82, 2.24) is 24.5 Å². The van der Waals surface area contributed by atoms with Crippen molar-refractivity contribution in [1.29, 1.82) is 0 Å². The summed E-state index contributed by atoms with van der Waals surface area (Å²) < 4.78 is 2.48. The molecule has 0 bridgehead atoms. The van der Waals surface area contributed by atoms with E-state index in [0.29, 0.717) is 10.7 Å². The normalized spacial score (nSPS) is 10.9. The maximum absolute atomic E-state index is 12.1. The van der Waals surface area contributed by atoms with Crippen LogP contribution in [-0.2, 0) is 11.3 Å². The fourth-order valence-corrected chi connectivity index (χ4v) is 2.09. The second-order valence-electron chi connectivity index (χ2n) is 4.30. The number of primary amides is 1. The highest BCUT2D eigenvalue weighted by Gasteiger charge is 2.14. The first kappa shape index (κ1) is 13.3. The van der Waals surface area contributed by atoms with Gasteiger partial charge in [-0.3, -0.25) is 14.2 Å². The third-order valence-corrected chi connectivity index (χ3v) is 3.04. The van der Waals surface area contributed by atoms with Gasteiger partial charge in [-0.15, -0.1) is 5.10 Å². The number of hydrogen-bond donors (Lipinski definition) is 1. The third-order valence-electron chi connectivity index (χ3n) is 2.81. The number of benzene rings is 1. The number of rotatable bonds is 3. The molecule has 2 aromatic heterocycles. The fraction of sp³-hybridized carbons (Fsp3) is 0.0833. The molecule has 0 saturated heterocycles. The van der Waals surface area contributed by atoms with Crippen LogP contribution in [0.1, 0.15) is 0 Å². The Morgan fingerprint density at radius 1 is 1.38 bits per heavy atom. The predicted octanol–water partition coefficient (Wildman–Crippen LogP) is 0.116. The van der Waals surface area contributed by atoms with Crippen molar-refractivity contribution in [2.24, 2.45) is 5.73 Å². The Hall–Kier alpha value is -2.74. The van der Waals surface area contributed by atoms with Gasteiger partial charge in [-0.2, -0.15) is 4.68 Å². The highest BCUT2D eigenvalue weighted by Crippen LogP contribution is 2.16. The number of carbonyl (C=O) groups is 1. The summed E-state index contributed by atoms with van der Waals surface area (Å²) in [6.07, 6.45) is 1.24. The first-order valence-corrected chi connectivity index (χ1v) is 6.29. The molecule has 0 spiro atoms. The average Bonchev–Trinajstić information content (AvgIpc) is 2.86. The molecule has 1 aromatic carbocycles. The molecule has 0 atom stereocenters. The number of fused-ring (bicyclic) bond motifs is 1. The summed E-state index contributed by atoms with van der Waals surface area (Å²) in [6.45, 7) is -0.258. The topological polar surface area (TPSA) is 109 Å². The molecular formula is C12H9ClN6O2. The van der Waals surface area contributed by atoms with Gasteiger partial charge in [0, 0.05) is 5.02 Å². The highest BCUT2D eigenvalue weighted by molar-refractivity contribution is 6.30. The maximum atomic E-state index is 12.1. The van der Waals surface area contributed by atoms with Crippen molar-refractivity contribution in [3.05, 3.63) is 46.0 Å². The van der Waals surface area contributed by atoms with Gasteiger partial charge in [-0.25, -0.2) is 4.98 Å². The Morgan fingerprint density at radius 2 is 2.19 bits per heavy atom. The Labute approximate surface area is 122 Å². The molecule has 106 valence electrons. The monoisotopic (exact) mass is 304 g/mol. The Kier molecular flexibility index (Phi) is 3.15. The van der Waals surface area contributed by atoms with Gasteiger partial charge in [-0.1, -0.05) is 22.9 Å². The van der Waals surface area contributed by atoms with Gasteiger partial charge in [-0.05, 0) is 18.2 Å². The summed E-state index contributed by atoms with van der Waals surface area (Å²) in [7, 11) is 0. The molecular weight excluding hydrogens is 296 g/mol. The lowest BCUT2D eigenvalue weighted by molar-refractivity contribution is -0.118. The van der Waals surface area contributed by atoms with Crippen LogP contribution in [0, 0.1) is 0 Å². The van der Waals surface area contributed by atoms with E-state index < -0.39 is 11.5 Å². The molecule has 2 N–H and O–H groups in total. The van der Waals surface area contributed by atoms with Gasteiger partial charge in [0.1, 0.15) is 12.9 Å². The number of halogens is 1. The minimum Gasteiger partial charge on any atom is -0.368 e. The quantitative estimate of drug-likeness (QED) is 0.739. The molecule has 0 fully saturated rings. The molecule has 21 heavy (non-hydrogen) atoms. The van der Waals surface area contributed by atoms with Gasteiger partial charge in [0.05, 0.1) is 5.69 Å². The number of nitrogens with two attached hydrogens (primary N) is 1. The fourth-order valence-electron chi connectivity index (χ4n) is 1.91. The summed E-state index contributed by atoms with van der Waals surface area (Å²) >= 11 is 5.93. The molecule has 0 unspecified atom stereocenters. The van der Waals surface area contributed by atoms with Gasteiger partial charge in [0.15, 0.2) is 11.2 Å². The minimum absolute atomic E-state index is 0.0544. The van der Waals surface area contributed by atoms with Crippen molar-refractivity contribution in [2.75, 3.05) is 0 Å². The maximum Gasteiger partial charge on any atom is 0.284 e. The number of carbonyl (C=O) groups excluding carboxylic acids is 1. The Balaban J connectivity index is 2.18. The number of nitrogens with zero attached hydrogens (tertiary/aromatic N) is 5. The molecule has 9 heteroatoms. The molecule has 0 radical (unpaired) electrons. The zero-order chi connectivity index (χ0) is 15.0. The average molecular weight is 305 g/mol. The molecule has 8 nitrogen and oxygen atoms in total. The molecule has 0 aliphatic rings. The van der Waals surface area contributed by atoms with E-state index in [0.717, 1.165) is 4.57 Å². The summed E-state index contributed by atoms with van der Waals surface area (Å²) in [5.41, 5.74) is 5.55. The van der Waals surface area contributed by atoms with E-state index in [1.54, 1.807) is 24.3 Å². The minimum atomic E-state index is -0.638. The van der Waals surface area contributed by atoms with E-state index in [2.05, 4.69) is 15.3 Å². The van der Waals surface area contributed by atoms with Gasteiger partial charge >= 0.3 is 0 Å². The smallest absolute Gasteiger partial charge is 0.284 e. The molecule has 1 amide bonds. The van der Waals surface area contributed by atoms with E-state index in [1.165, 1.54) is 11.0 Å². The number of amides is 1. The van der Waals surface area contributed by atoms with E-state index in [-0.39, 0.29) is 17.7 Å². The van der Waals surface area contributed by atoms with Crippen LogP contribution in [0.3, 0.4) is 0 Å². The molecule has 0 saturated carbocycles. The lowest BCUT2D eigenvalue weighted by Crippen LogP contribution is -2.28. The molecule has 2 heterocycles. The molecule has 0 aliphatic carbocycles. The van der Waals surface area contributed by atoms with Gasteiger partial charge in [0.25, 0.3) is 5.56 Å².